The molecule has 1 aromatic rings. The Labute approximate surface area is 157 Å². The molecular weight excluding hydrogens is 340 g/mol. The molecule has 24 heavy (non-hydrogen) atoms. The normalized spacial score (nSPS) is 16.8. The molecule has 1 heterocycles. The first kappa shape index (κ1) is 21.3. The first-order chi connectivity index (χ1) is 11.1. The van der Waals surface area contributed by atoms with Crippen molar-refractivity contribution in [3.05, 3.63) is 35.9 Å². The molecule has 2 rings (SSSR count). The molecule has 0 aromatic heterocycles. The van der Waals surface area contributed by atoms with Crippen LogP contribution >= 0.6 is 24.2 Å². The summed E-state index contributed by atoms with van der Waals surface area (Å²) in [5.41, 5.74) is 1.30. The number of nitrogens with one attached hydrogen (secondary N) is 1. The van der Waals surface area contributed by atoms with Crippen molar-refractivity contribution in [1.29, 1.82) is 0 Å². The number of nitrogens with zero attached hydrogens (tertiary/aromatic N) is 1. The minimum Gasteiger partial charge on any atom is -0.342 e. The summed E-state index contributed by atoms with van der Waals surface area (Å²) in [7, 11) is 2.01. The Hall–Kier alpha value is -0.710. The Balaban J connectivity index is 0.00000288. The molecule has 1 aromatic carbocycles. The molecule has 0 saturated carbocycles. The fourth-order valence-corrected chi connectivity index (χ4v) is 4.38. The van der Waals surface area contributed by atoms with Crippen molar-refractivity contribution in [1.82, 2.24) is 10.2 Å². The van der Waals surface area contributed by atoms with Crippen LogP contribution in [0.4, 0.5) is 0 Å². The van der Waals surface area contributed by atoms with Crippen LogP contribution in [0.1, 0.15) is 32.3 Å². The van der Waals surface area contributed by atoms with E-state index in [2.05, 4.69) is 48.3 Å². The van der Waals surface area contributed by atoms with E-state index in [0.717, 1.165) is 44.1 Å². The van der Waals surface area contributed by atoms with E-state index in [4.69, 9.17) is 0 Å². The zero-order chi connectivity index (χ0) is 16.7. The number of piperidine rings is 1. The van der Waals surface area contributed by atoms with Crippen LogP contribution in [0, 0.1) is 11.8 Å². The lowest BCUT2D eigenvalue weighted by molar-refractivity contribution is -0.132. The third kappa shape index (κ3) is 6.30. The van der Waals surface area contributed by atoms with Crippen molar-refractivity contribution in [2.75, 3.05) is 26.7 Å². The number of thioether (sulfide) groups is 1. The fourth-order valence-electron chi connectivity index (χ4n) is 3.14. The van der Waals surface area contributed by atoms with Crippen molar-refractivity contribution in [2.45, 2.75) is 37.7 Å². The van der Waals surface area contributed by atoms with E-state index < -0.39 is 0 Å². The van der Waals surface area contributed by atoms with Crippen LogP contribution in [-0.4, -0.2) is 42.7 Å². The summed E-state index contributed by atoms with van der Waals surface area (Å²) < 4.78 is 0. The van der Waals surface area contributed by atoms with Crippen LogP contribution in [0.5, 0.6) is 0 Å². The maximum Gasteiger partial charge on any atom is 0.235 e. The Kier molecular flexibility index (Phi) is 9.79. The number of likely N-dealkylation sites (tertiary alicyclic amines) is 1. The SMILES string of the molecule is CNCC1CCN(C(=O)C(SCc2ccccc2)C(C)C)CC1.Cl. The van der Waals surface area contributed by atoms with Crippen LogP contribution in [0.25, 0.3) is 0 Å². The number of benzene rings is 1. The van der Waals surface area contributed by atoms with Gasteiger partial charge >= 0.3 is 0 Å². The number of rotatable bonds is 7. The van der Waals surface area contributed by atoms with Crippen LogP contribution in [0.3, 0.4) is 0 Å². The second-order valence-corrected chi connectivity index (χ2v) is 7.92. The molecule has 1 unspecified atom stereocenters. The van der Waals surface area contributed by atoms with Crippen molar-refractivity contribution >= 4 is 30.1 Å². The van der Waals surface area contributed by atoms with E-state index in [1.807, 2.05) is 13.1 Å². The third-order valence-corrected chi connectivity index (χ3v) is 6.15. The van der Waals surface area contributed by atoms with Crippen LogP contribution in [-0.2, 0) is 10.5 Å². The molecule has 0 bridgehead atoms. The van der Waals surface area contributed by atoms with Gasteiger partial charge in [0, 0.05) is 18.8 Å². The second kappa shape index (κ2) is 11.0. The topological polar surface area (TPSA) is 32.3 Å². The highest BCUT2D eigenvalue weighted by Gasteiger charge is 2.30. The molecule has 0 aliphatic carbocycles. The zero-order valence-corrected chi connectivity index (χ0v) is 16.7. The molecule has 1 amide bonds. The van der Waals surface area contributed by atoms with Crippen LogP contribution in [0.2, 0.25) is 0 Å². The zero-order valence-electron chi connectivity index (χ0n) is 15.0. The minimum atomic E-state index is 0. The average Bonchev–Trinajstić information content (AvgIpc) is 2.56. The second-order valence-electron chi connectivity index (χ2n) is 6.79. The van der Waals surface area contributed by atoms with E-state index in [1.54, 1.807) is 11.8 Å². The lowest BCUT2D eigenvalue weighted by Gasteiger charge is -2.35. The van der Waals surface area contributed by atoms with Gasteiger partial charge in [-0.15, -0.1) is 24.2 Å². The van der Waals surface area contributed by atoms with Gasteiger partial charge in [-0.05, 0) is 43.8 Å². The van der Waals surface area contributed by atoms with Gasteiger partial charge in [-0.1, -0.05) is 44.2 Å². The van der Waals surface area contributed by atoms with E-state index in [-0.39, 0.29) is 17.7 Å². The molecule has 1 aliphatic heterocycles. The van der Waals surface area contributed by atoms with Crippen molar-refractivity contribution < 1.29 is 4.79 Å². The summed E-state index contributed by atoms with van der Waals surface area (Å²) >= 11 is 1.79. The molecule has 1 atom stereocenters. The molecular formula is C19H31ClN2OS. The van der Waals surface area contributed by atoms with E-state index in [0.29, 0.717) is 11.8 Å². The van der Waals surface area contributed by atoms with Crippen molar-refractivity contribution in [2.24, 2.45) is 11.8 Å². The largest absolute Gasteiger partial charge is 0.342 e. The number of carbonyl (C=O) groups excluding carboxylic acids is 1. The number of amides is 1. The quantitative estimate of drug-likeness (QED) is 0.791. The lowest BCUT2D eigenvalue weighted by Crippen LogP contribution is -2.45. The van der Waals surface area contributed by atoms with Crippen molar-refractivity contribution in [3.63, 3.8) is 0 Å². The molecule has 1 aliphatic rings. The van der Waals surface area contributed by atoms with Crippen LogP contribution < -0.4 is 5.32 Å². The number of carbonyl (C=O) groups is 1. The standard InChI is InChI=1S/C19H30N2OS.ClH/c1-15(2)18(23-14-17-7-5-4-6-8-17)19(22)21-11-9-16(10-12-21)13-20-3;/h4-8,15-16,18,20H,9-14H2,1-3H3;1H. The smallest absolute Gasteiger partial charge is 0.235 e. The minimum absolute atomic E-state index is 0. The summed E-state index contributed by atoms with van der Waals surface area (Å²) in [5.74, 6) is 2.33. The van der Waals surface area contributed by atoms with Gasteiger partial charge in [0.05, 0.1) is 5.25 Å². The fraction of sp³-hybridized carbons (Fsp3) is 0.632. The highest BCUT2D eigenvalue weighted by molar-refractivity contribution is 7.99. The monoisotopic (exact) mass is 370 g/mol. The summed E-state index contributed by atoms with van der Waals surface area (Å²) in [6.07, 6.45) is 2.25. The van der Waals surface area contributed by atoms with Gasteiger partial charge in [-0.25, -0.2) is 0 Å². The van der Waals surface area contributed by atoms with Gasteiger partial charge in [0.25, 0.3) is 0 Å². The van der Waals surface area contributed by atoms with Gasteiger partial charge in [-0.3, -0.25) is 4.79 Å². The Morgan fingerprint density at radius 2 is 1.88 bits per heavy atom. The number of hydrogen-bond acceptors (Lipinski definition) is 3. The summed E-state index contributed by atoms with van der Waals surface area (Å²) in [4.78, 5) is 15.0. The third-order valence-electron chi connectivity index (χ3n) is 4.54. The Bertz CT molecular complexity index is 476. The predicted octanol–water partition coefficient (Wildman–Crippen LogP) is 3.82. The average molecular weight is 371 g/mol. The summed E-state index contributed by atoms with van der Waals surface area (Å²) in [6, 6.07) is 10.4. The number of hydrogen-bond donors (Lipinski definition) is 1. The van der Waals surface area contributed by atoms with E-state index >= 15 is 0 Å². The molecule has 1 fully saturated rings. The number of halogens is 1. The summed E-state index contributed by atoms with van der Waals surface area (Å²) in [5, 5.41) is 3.32. The van der Waals surface area contributed by atoms with Gasteiger partial charge in [0.2, 0.25) is 5.91 Å². The maximum atomic E-state index is 12.9. The van der Waals surface area contributed by atoms with Crippen LogP contribution in [0.15, 0.2) is 30.3 Å². The molecule has 5 heteroatoms. The van der Waals surface area contributed by atoms with Gasteiger partial charge < -0.3 is 10.2 Å². The molecule has 3 nitrogen and oxygen atoms in total. The maximum absolute atomic E-state index is 12.9. The van der Waals surface area contributed by atoms with E-state index in [1.165, 1.54) is 5.56 Å². The molecule has 136 valence electrons. The van der Waals surface area contributed by atoms with Gasteiger partial charge in [0.15, 0.2) is 0 Å². The molecule has 0 radical (unpaired) electrons. The molecule has 0 spiro atoms. The predicted molar refractivity (Wildman–Crippen MR) is 107 cm³/mol. The van der Waals surface area contributed by atoms with E-state index in [9.17, 15) is 4.79 Å². The molecule has 1 saturated heterocycles. The van der Waals surface area contributed by atoms with Crippen molar-refractivity contribution in [3.8, 4) is 0 Å². The highest BCUT2D eigenvalue weighted by Crippen LogP contribution is 2.27. The Morgan fingerprint density at radius 1 is 1.25 bits per heavy atom. The lowest BCUT2D eigenvalue weighted by atomic mass is 9.96. The highest BCUT2D eigenvalue weighted by atomic mass is 35.5. The molecule has 1 N–H and O–H groups in total. The van der Waals surface area contributed by atoms with Gasteiger partial charge in [-0.2, -0.15) is 0 Å². The van der Waals surface area contributed by atoms with Gasteiger partial charge in [0.1, 0.15) is 0 Å². The summed E-state index contributed by atoms with van der Waals surface area (Å²) in [6.45, 7) is 7.22. The first-order valence-corrected chi connectivity index (χ1v) is 9.75. The Morgan fingerprint density at radius 3 is 2.42 bits per heavy atom. The first-order valence-electron chi connectivity index (χ1n) is 8.70.